The van der Waals surface area contributed by atoms with E-state index < -0.39 is 0 Å². The van der Waals surface area contributed by atoms with Crippen molar-refractivity contribution in [1.29, 1.82) is 0 Å². The molecule has 27 heavy (non-hydrogen) atoms. The van der Waals surface area contributed by atoms with Gasteiger partial charge in [-0.25, -0.2) is 0 Å². The van der Waals surface area contributed by atoms with Crippen LogP contribution in [0, 0.1) is 0 Å². The molecule has 2 aromatic rings. The Morgan fingerprint density at radius 2 is 2.11 bits per heavy atom. The van der Waals surface area contributed by atoms with Crippen LogP contribution in [0.1, 0.15) is 25.3 Å². The molecule has 0 aliphatic heterocycles. The molecule has 1 aromatic carbocycles. The first-order valence-electron chi connectivity index (χ1n) is 9.46. The van der Waals surface area contributed by atoms with Crippen LogP contribution in [-0.4, -0.2) is 55.8 Å². The summed E-state index contributed by atoms with van der Waals surface area (Å²) in [5, 5.41) is 4.97. The van der Waals surface area contributed by atoms with Gasteiger partial charge in [0, 0.05) is 31.1 Å². The van der Waals surface area contributed by atoms with Crippen LogP contribution < -0.4 is 20.5 Å². The monoisotopic (exact) mass is 391 g/mol. The minimum Gasteiger partial charge on any atom is -0.497 e. The highest BCUT2D eigenvalue weighted by molar-refractivity contribution is 7.80. The molecular formula is C20H31N4O2S+. The van der Waals surface area contributed by atoms with Crippen molar-refractivity contribution >= 4 is 28.2 Å². The molecule has 0 atom stereocenters. The first-order chi connectivity index (χ1) is 12.9. The topological polar surface area (TPSA) is 61.8 Å². The Morgan fingerprint density at radius 3 is 2.78 bits per heavy atom. The number of pyridine rings is 1. The summed E-state index contributed by atoms with van der Waals surface area (Å²) in [6, 6.07) is 7.64. The molecule has 0 radical (unpaired) electrons. The first kappa shape index (κ1) is 21.2. The number of benzene rings is 1. The molecule has 0 saturated heterocycles. The lowest BCUT2D eigenvalue weighted by atomic mass is 10.1. The molecule has 6 nitrogen and oxygen atoms in total. The van der Waals surface area contributed by atoms with Crippen molar-refractivity contribution < 1.29 is 9.64 Å². The van der Waals surface area contributed by atoms with E-state index in [-0.39, 0.29) is 5.56 Å². The third-order valence-corrected chi connectivity index (χ3v) is 4.81. The highest BCUT2D eigenvalue weighted by atomic mass is 32.1. The van der Waals surface area contributed by atoms with E-state index in [0.717, 1.165) is 49.1 Å². The Balaban J connectivity index is 2.22. The van der Waals surface area contributed by atoms with Gasteiger partial charge in [0.2, 0.25) is 0 Å². The number of fused-ring (bicyclic) bond motifs is 1. The van der Waals surface area contributed by atoms with Gasteiger partial charge in [-0.3, -0.25) is 4.79 Å². The lowest BCUT2D eigenvalue weighted by Gasteiger charge is -2.26. The van der Waals surface area contributed by atoms with E-state index in [2.05, 4.69) is 36.2 Å². The van der Waals surface area contributed by atoms with Gasteiger partial charge in [0.25, 0.3) is 5.56 Å². The van der Waals surface area contributed by atoms with Crippen molar-refractivity contribution in [1.82, 2.24) is 15.2 Å². The summed E-state index contributed by atoms with van der Waals surface area (Å²) in [7, 11) is 5.89. The third kappa shape index (κ3) is 6.22. The molecule has 0 fully saturated rings. The molecule has 0 spiro atoms. The molecule has 0 amide bonds. The second kappa shape index (κ2) is 10.3. The molecule has 0 aliphatic rings. The van der Waals surface area contributed by atoms with Gasteiger partial charge in [-0.2, -0.15) is 0 Å². The quantitative estimate of drug-likeness (QED) is 0.560. The van der Waals surface area contributed by atoms with E-state index in [1.165, 1.54) is 4.90 Å². The zero-order valence-corrected chi connectivity index (χ0v) is 17.5. The van der Waals surface area contributed by atoms with Crippen molar-refractivity contribution in [3.63, 3.8) is 0 Å². The van der Waals surface area contributed by atoms with E-state index in [1.807, 2.05) is 24.3 Å². The predicted molar refractivity (Wildman–Crippen MR) is 115 cm³/mol. The second-order valence-electron chi connectivity index (χ2n) is 7.04. The van der Waals surface area contributed by atoms with Crippen molar-refractivity contribution in [2.45, 2.75) is 26.3 Å². The van der Waals surface area contributed by atoms with Gasteiger partial charge < -0.3 is 24.8 Å². The number of hydrogen-bond donors (Lipinski definition) is 3. The lowest BCUT2D eigenvalue weighted by Crippen LogP contribution is -3.05. The Bertz CT molecular complexity index is 819. The van der Waals surface area contributed by atoms with Crippen molar-refractivity contribution in [3.05, 3.63) is 40.2 Å². The summed E-state index contributed by atoms with van der Waals surface area (Å²) < 4.78 is 5.23. The minimum atomic E-state index is -0.0859. The van der Waals surface area contributed by atoms with E-state index in [4.69, 9.17) is 17.0 Å². The van der Waals surface area contributed by atoms with Crippen molar-refractivity contribution in [2.24, 2.45) is 0 Å². The van der Waals surface area contributed by atoms with E-state index in [0.29, 0.717) is 17.2 Å². The second-order valence-corrected chi connectivity index (χ2v) is 7.43. The smallest absolute Gasteiger partial charge is 0.253 e. The van der Waals surface area contributed by atoms with Crippen LogP contribution in [0.25, 0.3) is 10.9 Å². The van der Waals surface area contributed by atoms with Gasteiger partial charge in [-0.1, -0.05) is 6.92 Å². The molecule has 7 heteroatoms. The number of ether oxygens (including phenoxy) is 1. The van der Waals surface area contributed by atoms with Gasteiger partial charge in [0.1, 0.15) is 5.75 Å². The maximum atomic E-state index is 12.6. The Kier molecular flexibility index (Phi) is 8.06. The van der Waals surface area contributed by atoms with Crippen LogP contribution in [0.4, 0.5) is 0 Å². The summed E-state index contributed by atoms with van der Waals surface area (Å²) in [6.07, 6.45) is 2.02. The van der Waals surface area contributed by atoms with Crippen molar-refractivity contribution in [2.75, 3.05) is 40.8 Å². The number of nitrogens with one attached hydrogen (secondary N) is 3. The fourth-order valence-electron chi connectivity index (χ4n) is 2.90. The number of hydrogen-bond acceptors (Lipinski definition) is 3. The van der Waals surface area contributed by atoms with Gasteiger partial charge >= 0.3 is 0 Å². The number of aromatic nitrogens is 1. The standard InChI is InChI=1S/C20H30N4O2S/c1-5-9-21-20(27)24(11-6-10-23(2)3)14-16-12-15-7-8-17(26-4)13-18(15)22-19(16)25/h7-8,12-13H,5-6,9-11,14H2,1-4H3,(H,21,27)(H,22,25)/p+1. The molecule has 1 heterocycles. The molecule has 0 unspecified atom stereocenters. The van der Waals surface area contributed by atoms with Crippen LogP contribution in [0.5, 0.6) is 5.75 Å². The van der Waals surface area contributed by atoms with E-state index >= 15 is 0 Å². The number of thiocarbonyl (C=S) groups is 1. The van der Waals surface area contributed by atoms with Gasteiger partial charge in [-0.15, -0.1) is 0 Å². The third-order valence-electron chi connectivity index (χ3n) is 4.41. The number of rotatable bonds is 9. The van der Waals surface area contributed by atoms with E-state index in [9.17, 15) is 4.79 Å². The fraction of sp³-hybridized carbons (Fsp3) is 0.500. The minimum absolute atomic E-state index is 0.0859. The average molecular weight is 392 g/mol. The van der Waals surface area contributed by atoms with Crippen LogP contribution in [-0.2, 0) is 6.54 Å². The van der Waals surface area contributed by atoms with Crippen LogP contribution in [0.3, 0.4) is 0 Å². The summed E-state index contributed by atoms with van der Waals surface area (Å²) >= 11 is 5.57. The number of nitrogens with zero attached hydrogens (tertiary/aromatic N) is 1. The molecule has 0 aliphatic carbocycles. The summed E-state index contributed by atoms with van der Waals surface area (Å²) in [6.45, 7) is 5.32. The van der Waals surface area contributed by atoms with Gasteiger partial charge in [0.05, 0.1) is 39.8 Å². The zero-order valence-electron chi connectivity index (χ0n) is 16.7. The normalized spacial score (nSPS) is 11.0. The van der Waals surface area contributed by atoms with Gasteiger partial charge in [0.15, 0.2) is 5.11 Å². The molecule has 1 aromatic heterocycles. The van der Waals surface area contributed by atoms with Crippen LogP contribution >= 0.6 is 12.2 Å². The van der Waals surface area contributed by atoms with Crippen LogP contribution in [0.15, 0.2) is 29.1 Å². The SMILES string of the molecule is CCCNC(=S)N(CCC[NH+](C)C)Cc1cc2ccc(OC)cc2[nH]c1=O. The molecular weight excluding hydrogens is 360 g/mol. The molecule has 3 N–H and O–H groups in total. The molecule has 148 valence electrons. The summed E-state index contributed by atoms with van der Waals surface area (Å²) in [5.41, 5.74) is 1.40. The maximum Gasteiger partial charge on any atom is 0.253 e. The number of methoxy groups -OCH3 is 1. The Hall–Kier alpha value is -2.12. The molecule has 0 saturated carbocycles. The van der Waals surface area contributed by atoms with Crippen molar-refractivity contribution in [3.8, 4) is 5.75 Å². The fourth-order valence-corrected chi connectivity index (χ4v) is 3.15. The summed E-state index contributed by atoms with van der Waals surface area (Å²) in [5.74, 6) is 0.726. The number of quaternary nitrogens is 1. The Labute approximate surface area is 166 Å². The number of H-pyrrole nitrogens is 1. The predicted octanol–water partition coefficient (Wildman–Crippen LogP) is 1.16. The van der Waals surface area contributed by atoms with E-state index in [1.54, 1.807) is 7.11 Å². The summed E-state index contributed by atoms with van der Waals surface area (Å²) in [4.78, 5) is 19.1. The molecule has 0 bridgehead atoms. The highest BCUT2D eigenvalue weighted by Crippen LogP contribution is 2.19. The Morgan fingerprint density at radius 1 is 1.33 bits per heavy atom. The largest absolute Gasteiger partial charge is 0.497 e. The average Bonchev–Trinajstić information content (AvgIpc) is 2.64. The molecule has 2 rings (SSSR count). The van der Waals surface area contributed by atoms with Gasteiger partial charge in [-0.05, 0) is 42.2 Å². The lowest BCUT2D eigenvalue weighted by molar-refractivity contribution is -0.858. The van der Waals surface area contributed by atoms with Crippen LogP contribution in [0.2, 0.25) is 0 Å². The maximum absolute atomic E-state index is 12.6. The highest BCUT2D eigenvalue weighted by Gasteiger charge is 2.14. The first-order valence-corrected chi connectivity index (χ1v) is 9.87. The zero-order chi connectivity index (χ0) is 19.8. The number of aromatic amines is 1.